The number of benzene rings is 1. The topological polar surface area (TPSA) is 97.7 Å². The molecule has 2 rings (SSSR count). The van der Waals surface area contributed by atoms with Crippen LogP contribution in [-0.2, 0) is 0 Å². The second-order valence-electron chi connectivity index (χ2n) is 3.62. The van der Waals surface area contributed by atoms with Crippen LogP contribution in [0.15, 0.2) is 45.9 Å². The summed E-state index contributed by atoms with van der Waals surface area (Å²) in [5, 5.41) is 14.5. The van der Waals surface area contributed by atoms with Crippen LogP contribution in [0.1, 0.15) is 16.1 Å². The van der Waals surface area contributed by atoms with E-state index < -0.39 is 10.8 Å². The number of hydrogen-bond acceptors (Lipinski definition) is 5. The third-order valence-electron chi connectivity index (χ3n) is 2.30. The molecule has 8 heteroatoms. The number of para-hydroxylation sites is 1. The predicted molar refractivity (Wildman–Crippen MR) is 79.6 cm³/mol. The van der Waals surface area contributed by atoms with Crippen molar-refractivity contribution >= 4 is 40.4 Å². The zero-order chi connectivity index (χ0) is 14.5. The lowest BCUT2D eigenvalue weighted by atomic mass is 10.2. The van der Waals surface area contributed by atoms with E-state index in [4.69, 9.17) is 4.42 Å². The van der Waals surface area contributed by atoms with Crippen LogP contribution < -0.4 is 5.43 Å². The fourth-order valence-corrected chi connectivity index (χ4v) is 1.87. The zero-order valence-electron chi connectivity index (χ0n) is 9.95. The molecule has 0 aliphatic carbocycles. The standard InChI is InChI=1S/C12H8IN3O4/c13-11-6-5-8(20-11)7-14-15-12(17)9-3-1-2-4-10(9)16(18)19/h1-7H,(H,15,17)/b14-7-. The van der Waals surface area contributed by atoms with Gasteiger partial charge in [0, 0.05) is 6.07 Å². The Morgan fingerprint density at radius 3 is 2.75 bits per heavy atom. The first kappa shape index (κ1) is 14.2. The van der Waals surface area contributed by atoms with Crippen molar-refractivity contribution < 1.29 is 14.1 Å². The van der Waals surface area contributed by atoms with Gasteiger partial charge < -0.3 is 4.42 Å². The Hall–Kier alpha value is -2.23. The van der Waals surface area contributed by atoms with Gasteiger partial charge in [0.1, 0.15) is 11.3 Å². The molecule has 0 aliphatic heterocycles. The first-order valence-electron chi connectivity index (χ1n) is 5.40. The highest BCUT2D eigenvalue weighted by Gasteiger charge is 2.18. The van der Waals surface area contributed by atoms with E-state index in [0.29, 0.717) is 9.53 Å². The minimum atomic E-state index is -0.658. The van der Waals surface area contributed by atoms with Gasteiger partial charge in [-0.1, -0.05) is 12.1 Å². The van der Waals surface area contributed by atoms with Crippen LogP contribution in [0.2, 0.25) is 0 Å². The maximum Gasteiger partial charge on any atom is 0.282 e. The third kappa shape index (κ3) is 3.41. The minimum absolute atomic E-state index is 0.0522. The van der Waals surface area contributed by atoms with Crippen LogP contribution in [-0.4, -0.2) is 17.0 Å². The molecule has 102 valence electrons. The first-order chi connectivity index (χ1) is 9.58. The molecule has 1 heterocycles. The van der Waals surface area contributed by atoms with E-state index in [2.05, 4.69) is 10.5 Å². The molecular formula is C12H8IN3O4. The van der Waals surface area contributed by atoms with Crippen molar-refractivity contribution in [3.05, 3.63) is 61.6 Å². The number of halogens is 1. The molecule has 0 saturated carbocycles. The summed E-state index contributed by atoms with van der Waals surface area (Å²) in [7, 11) is 0. The molecule has 0 radical (unpaired) electrons. The summed E-state index contributed by atoms with van der Waals surface area (Å²) in [6.45, 7) is 0. The molecule has 0 spiro atoms. The molecule has 0 saturated heterocycles. The molecule has 0 fully saturated rings. The minimum Gasteiger partial charge on any atom is -0.449 e. The van der Waals surface area contributed by atoms with Gasteiger partial charge >= 0.3 is 0 Å². The van der Waals surface area contributed by atoms with Gasteiger partial charge in [0.25, 0.3) is 11.6 Å². The number of nitrogens with zero attached hydrogens (tertiary/aromatic N) is 2. The smallest absolute Gasteiger partial charge is 0.282 e. The summed E-state index contributed by atoms with van der Waals surface area (Å²) in [5.74, 6) is -0.188. The van der Waals surface area contributed by atoms with Gasteiger partial charge in [-0.05, 0) is 40.8 Å². The number of carbonyl (C=O) groups excluding carboxylic acids is 1. The van der Waals surface area contributed by atoms with Gasteiger partial charge in [-0.15, -0.1) is 0 Å². The van der Waals surface area contributed by atoms with E-state index in [-0.39, 0.29) is 11.3 Å². The summed E-state index contributed by atoms with van der Waals surface area (Å²) >= 11 is 2.00. The summed E-state index contributed by atoms with van der Waals surface area (Å²) in [4.78, 5) is 22.0. The van der Waals surface area contributed by atoms with Crippen LogP contribution in [0, 0.1) is 13.9 Å². The Morgan fingerprint density at radius 2 is 2.10 bits per heavy atom. The van der Waals surface area contributed by atoms with Crippen LogP contribution in [0.25, 0.3) is 0 Å². The van der Waals surface area contributed by atoms with Crippen molar-refractivity contribution in [2.24, 2.45) is 5.10 Å². The maximum absolute atomic E-state index is 11.8. The van der Waals surface area contributed by atoms with Crippen LogP contribution in [0.4, 0.5) is 5.69 Å². The van der Waals surface area contributed by atoms with E-state index in [1.165, 1.54) is 24.4 Å². The summed E-state index contributed by atoms with van der Waals surface area (Å²) in [5.41, 5.74) is 1.89. The number of rotatable bonds is 4. The Labute approximate surface area is 127 Å². The van der Waals surface area contributed by atoms with Crippen LogP contribution in [0.3, 0.4) is 0 Å². The third-order valence-corrected chi connectivity index (χ3v) is 2.88. The largest absolute Gasteiger partial charge is 0.449 e. The zero-order valence-corrected chi connectivity index (χ0v) is 12.1. The number of carbonyl (C=O) groups is 1. The number of nitro benzene ring substituents is 1. The summed E-state index contributed by atoms with van der Waals surface area (Å²) < 4.78 is 5.90. The van der Waals surface area contributed by atoms with Crippen molar-refractivity contribution in [3.63, 3.8) is 0 Å². The highest BCUT2D eigenvalue weighted by Crippen LogP contribution is 2.17. The molecule has 1 amide bonds. The fourth-order valence-electron chi connectivity index (χ4n) is 1.44. The number of amides is 1. The monoisotopic (exact) mass is 385 g/mol. The molecule has 20 heavy (non-hydrogen) atoms. The van der Waals surface area contributed by atoms with E-state index in [1.54, 1.807) is 18.2 Å². The molecule has 0 atom stereocenters. The van der Waals surface area contributed by atoms with Gasteiger partial charge in [0.15, 0.2) is 3.77 Å². The highest BCUT2D eigenvalue weighted by molar-refractivity contribution is 14.1. The van der Waals surface area contributed by atoms with Crippen LogP contribution >= 0.6 is 22.6 Å². The van der Waals surface area contributed by atoms with Crippen molar-refractivity contribution in [2.75, 3.05) is 0 Å². The lowest BCUT2D eigenvalue weighted by Gasteiger charge is -2.00. The average Bonchev–Trinajstić information content (AvgIpc) is 2.84. The van der Waals surface area contributed by atoms with Crippen molar-refractivity contribution in [2.45, 2.75) is 0 Å². The van der Waals surface area contributed by atoms with Gasteiger partial charge in [0.2, 0.25) is 0 Å². The second kappa shape index (κ2) is 6.28. The summed E-state index contributed by atoms with van der Waals surface area (Å²) in [6.07, 6.45) is 1.31. The molecule has 2 aromatic rings. The Bertz CT molecular complexity index is 681. The molecule has 7 nitrogen and oxygen atoms in total. The molecular weight excluding hydrogens is 377 g/mol. The van der Waals surface area contributed by atoms with E-state index in [0.717, 1.165) is 0 Å². The Kier molecular flexibility index (Phi) is 4.45. The number of hydrazone groups is 1. The SMILES string of the molecule is O=C(N/N=C\c1ccc(I)o1)c1ccccc1[N+](=O)[O-]. The summed E-state index contributed by atoms with van der Waals surface area (Å²) in [6, 6.07) is 9.07. The second-order valence-corrected chi connectivity index (χ2v) is 4.68. The van der Waals surface area contributed by atoms with Gasteiger partial charge in [-0.2, -0.15) is 5.10 Å². The maximum atomic E-state index is 11.8. The van der Waals surface area contributed by atoms with Gasteiger partial charge in [-0.3, -0.25) is 14.9 Å². The van der Waals surface area contributed by atoms with Crippen molar-refractivity contribution in [3.8, 4) is 0 Å². The quantitative estimate of drug-likeness (QED) is 0.379. The van der Waals surface area contributed by atoms with Crippen LogP contribution in [0.5, 0.6) is 0 Å². The number of furan rings is 1. The van der Waals surface area contributed by atoms with Crippen molar-refractivity contribution in [1.29, 1.82) is 0 Å². The van der Waals surface area contributed by atoms with E-state index >= 15 is 0 Å². The van der Waals surface area contributed by atoms with E-state index in [1.807, 2.05) is 22.6 Å². The number of nitrogens with one attached hydrogen (secondary N) is 1. The number of hydrogen-bond donors (Lipinski definition) is 1. The molecule has 0 unspecified atom stereocenters. The molecule has 0 bridgehead atoms. The van der Waals surface area contributed by atoms with E-state index in [9.17, 15) is 14.9 Å². The average molecular weight is 385 g/mol. The molecule has 1 N–H and O–H groups in total. The Balaban J connectivity index is 2.09. The molecule has 1 aromatic heterocycles. The molecule has 1 aromatic carbocycles. The normalized spacial score (nSPS) is 10.7. The number of nitro groups is 1. The fraction of sp³-hybridized carbons (Fsp3) is 0. The Morgan fingerprint density at radius 1 is 1.35 bits per heavy atom. The molecule has 0 aliphatic rings. The highest BCUT2D eigenvalue weighted by atomic mass is 127. The van der Waals surface area contributed by atoms with Gasteiger partial charge in [0.05, 0.1) is 11.1 Å². The predicted octanol–water partition coefficient (Wildman–Crippen LogP) is 2.56. The lowest BCUT2D eigenvalue weighted by Crippen LogP contribution is -2.18. The van der Waals surface area contributed by atoms with Crippen molar-refractivity contribution in [1.82, 2.24) is 5.43 Å². The first-order valence-corrected chi connectivity index (χ1v) is 6.48. The lowest BCUT2D eigenvalue weighted by molar-refractivity contribution is -0.385. The van der Waals surface area contributed by atoms with Gasteiger partial charge in [-0.25, -0.2) is 5.43 Å².